The zero-order chi connectivity index (χ0) is 27.6. The van der Waals surface area contributed by atoms with Crippen LogP contribution in [0.4, 0.5) is 0 Å². The van der Waals surface area contributed by atoms with E-state index in [2.05, 4.69) is 16.0 Å². The predicted molar refractivity (Wildman–Crippen MR) is 127 cm³/mol. The largest absolute Gasteiger partial charge is 0.508 e. The molecule has 9 N–H and O–H groups in total. The molecule has 0 saturated carbocycles. The number of amides is 3. The molecule has 5 unspecified atom stereocenters. The third kappa shape index (κ3) is 10.3. The number of aliphatic hydroxyl groups excluding tert-OH is 1. The van der Waals surface area contributed by atoms with E-state index in [1.807, 2.05) is 0 Å². The molecule has 1 aromatic rings. The molecular weight excluding hydrogens is 476 g/mol. The summed E-state index contributed by atoms with van der Waals surface area (Å²) < 4.78 is 0. The zero-order valence-corrected chi connectivity index (χ0v) is 20.3. The lowest BCUT2D eigenvalue weighted by atomic mass is 10.0. The lowest BCUT2D eigenvalue weighted by Crippen LogP contribution is -2.59. The first kappa shape index (κ1) is 30.3. The van der Waals surface area contributed by atoms with Crippen LogP contribution in [0.3, 0.4) is 0 Å². The first-order valence-corrected chi connectivity index (χ1v) is 11.3. The standard InChI is InChI=1S/C23H34N4O9/c1-11(2)8-17(23(35)36)27-21(33)16(10-18(30)31)25-20(32)15(26-22(34)19(24)12(3)28)9-13-4-6-14(29)7-5-13/h4-7,11-12,15-17,19,28-29H,8-10,24H2,1-3H3,(H,25,32)(H,26,34)(H,27,33)(H,30,31)(H,35,36). The molecule has 1 aromatic carbocycles. The number of carboxylic acid groups (broad SMARTS) is 2. The molecule has 0 fully saturated rings. The van der Waals surface area contributed by atoms with Gasteiger partial charge in [-0.05, 0) is 37.0 Å². The molecule has 5 atom stereocenters. The van der Waals surface area contributed by atoms with Crippen molar-refractivity contribution in [2.45, 2.75) is 70.3 Å². The highest BCUT2D eigenvalue weighted by atomic mass is 16.4. The van der Waals surface area contributed by atoms with Gasteiger partial charge in [-0.3, -0.25) is 19.2 Å². The van der Waals surface area contributed by atoms with E-state index in [1.165, 1.54) is 31.2 Å². The number of carboxylic acids is 2. The van der Waals surface area contributed by atoms with Gasteiger partial charge in [0.15, 0.2) is 0 Å². The number of aromatic hydroxyl groups is 1. The molecule has 0 aromatic heterocycles. The molecule has 0 heterocycles. The van der Waals surface area contributed by atoms with E-state index >= 15 is 0 Å². The Kier molecular flexibility index (Phi) is 11.8. The lowest BCUT2D eigenvalue weighted by molar-refractivity contribution is -0.144. The van der Waals surface area contributed by atoms with E-state index in [1.54, 1.807) is 13.8 Å². The summed E-state index contributed by atoms with van der Waals surface area (Å²) in [5, 5.41) is 44.5. The van der Waals surface area contributed by atoms with Crippen molar-refractivity contribution < 1.29 is 44.4 Å². The zero-order valence-electron chi connectivity index (χ0n) is 20.3. The van der Waals surface area contributed by atoms with E-state index in [-0.39, 0.29) is 24.5 Å². The highest BCUT2D eigenvalue weighted by Gasteiger charge is 2.32. The van der Waals surface area contributed by atoms with Crippen LogP contribution < -0.4 is 21.7 Å². The van der Waals surface area contributed by atoms with Gasteiger partial charge in [-0.25, -0.2) is 4.79 Å². The number of carbonyl (C=O) groups excluding carboxylic acids is 3. The van der Waals surface area contributed by atoms with E-state index in [0.29, 0.717) is 5.56 Å². The average molecular weight is 511 g/mol. The van der Waals surface area contributed by atoms with Gasteiger partial charge >= 0.3 is 11.9 Å². The third-order valence-electron chi connectivity index (χ3n) is 5.17. The van der Waals surface area contributed by atoms with Gasteiger partial charge in [0, 0.05) is 6.42 Å². The van der Waals surface area contributed by atoms with Crippen LogP contribution in [-0.2, 0) is 30.4 Å². The Hall–Kier alpha value is -3.71. The van der Waals surface area contributed by atoms with Gasteiger partial charge in [-0.2, -0.15) is 0 Å². The number of rotatable bonds is 14. The molecule has 0 aliphatic rings. The Balaban J connectivity index is 3.15. The van der Waals surface area contributed by atoms with E-state index in [4.69, 9.17) is 5.73 Å². The Bertz CT molecular complexity index is 934. The van der Waals surface area contributed by atoms with Crippen molar-refractivity contribution in [1.82, 2.24) is 16.0 Å². The minimum absolute atomic E-state index is 0.0347. The smallest absolute Gasteiger partial charge is 0.326 e. The fraction of sp³-hybridized carbons (Fsp3) is 0.522. The molecule has 0 saturated heterocycles. The fourth-order valence-corrected chi connectivity index (χ4v) is 3.19. The van der Waals surface area contributed by atoms with Crippen LogP contribution >= 0.6 is 0 Å². The summed E-state index contributed by atoms with van der Waals surface area (Å²) in [6, 6.07) is 0.0235. The average Bonchev–Trinajstić information content (AvgIpc) is 2.77. The number of carbonyl (C=O) groups is 5. The second kappa shape index (κ2) is 14.0. The van der Waals surface area contributed by atoms with Crippen LogP contribution in [0.1, 0.15) is 39.2 Å². The van der Waals surface area contributed by atoms with Crippen molar-refractivity contribution in [3.8, 4) is 5.75 Å². The van der Waals surface area contributed by atoms with Crippen LogP contribution in [0.15, 0.2) is 24.3 Å². The maximum absolute atomic E-state index is 13.1. The first-order valence-electron chi connectivity index (χ1n) is 11.3. The molecule has 0 bridgehead atoms. The van der Waals surface area contributed by atoms with Crippen molar-refractivity contribution in [3.05, 3.63) is 29.8 Å². The quantitative estimate of drug-likeness (QED) is 0.147. The van der Waals surface area contributed by atoms with Crippen molar-refractivity contribution in [2.24, 2.45) is 11.7 Å². The van der Waals surface area contributed by atoms with E-state index < -0.39 is 66.4 Å². The summed E-state index contributed by atoms with van der Waals surface area (Å²) in [5.41, 5.74) is 6.14. The molecule has 3 amide bonds. The number of aliphatic carboxylic acids is 2. The normalized spacial score (nSPS) is 15.2. The summed E-state index contributed by atoms with van der Waals surface area (Å²) in [4.78, 5) is 61.0. The molecule has 0 aliphatic heterocycles. The first-order chi connectivity index (χ1) is 16.7. The lowest BCUT2D eigenvalue weighted by Gasteiger charge is -2.25. The molecule has 200 valence electrons. The molecule has 0 radical (unpaired) electrons. The molecule has 13 heteroatoms. The van der Waals surface area contributed by atoms with Crippen LogP contribution in [0.5, 0.6) is 5.75 Å². The van der Waals surface area contributed by atoms with Gasteiger partial charge in [0.2, 0.25) is 17.7 Å². The summed E-state index contributed by atoms with van der Waals surface area (Å²) in [5.74, 6) is -5.70. The summed E-state index contributed by atoms with van der Waals surface area (Å²) in [7, 11) is 0. The van der Waals surface area contributed by atoms with Gasteiger partial charge in [0.25, 0.3) is 0 Å². The van der Waals surface area contributed by atoms with Gasteiger partial charge < -0.3 is 42.1 Å². The van der Waals surface area contributed by atoms with E-state index in [9.17, 15) is 44.4 Å². The van der Waals surface area contributed by atoms with Gasteiger partial charge in [0.1, 0.15) is 29.9 Å². The monoisotopic (exact) mass is 510 g/mol. The van der Waals surface area contributed by atoms with Crippen molar-refractivity contribution in [3.63, 3.8) is 0 Å². The molecule has 0 aliphatic carbocycles. The van der Waals surface area contributed by atoms with Crippen LogP contribution in [0, 0.1) is 5.92 Å². The molecule has 13 nitrogen and oxygen atoms in total. The number of hydrogen-bond acceptors (Lipinski definition) is 8. The second-order valence-electron chi connectivity index (χ2n) is 8.89. The fourth-order valence-electron chi connectivity index (χ4n) is 3.19. The van der Waals surface area contributed by atoms with Crippen LogP contribution in [0.2, 0.25) is 0 Å². The Morgan fingerprint density at radius 2 is 1.33 bits per heavy atom. The van der Waals surface area contributed by atoms with E-state index in [0.717, 1.165) is 0 Å². The maximum Gasteiger partial charge on any atom is 0.326 e. The highest BCUT2D eigenvalue weighted by molar-refractivity contribution is 5.95. The summed E-state index contributed by atoms with van der Waals surface area (Å²) in [6.07, 6.45) is -2.14. The third-order valence-corrected chi connectivity index (χ3v) is 5.17. The maximum atomic E-state index is 13.1. The predicted octanol–water partition coefficient (Wildman–Crippen LogP) is -1.30. The number of phenols is 1. The minimum atomic E-state index is -1.64. The number of aliphatic hydroxyl groups is 1. The Labute approximate surface area is 208 Å². The van der Waals surface area contributed by atoms with Gasteiger partial charge in [0.05, 0.1) is 12.5 Å². The molecule has 1 rings (SSSR count). The second-order valence-corrected chi connectivity index (χ2v) is 8.89. The van der Waals surface area contributed by atoms with Gasteiger partial charge in [-0.15, -0.1) is 0 Å². The number of hydrogen-bond donors (Lipinski definition) is 8. The Morgan fingerprint density at radius 1 is 0.833 bits per heavy atom. The van der Waals surface area contributed by atoms with Crippen LogP contribution in [-0.4, -0.2) is 80.4 Å². The topological polar surface area (TPSA) is 228 Å². The number of nitrogens with two attached hydrogens (primary N) is 1. The van der Waals surface area contributed by atoms with Crippen LogP contribution in [0.25, 0.3) is 0 Å². The van der Waals surface area contributed by atoms with Crippen molar-refractivity contribution in [2.75, 3.05) is 0 Å². The number of phenolic OH excluding ortho intramolecular Hbond substituents is 1. The minimum Gasteiger partial charge on any atom is -0.508 e. The number of nitrogens with one attached hydrogen (secondary N) is 3. The van der Waals surface area contributed by atoms with Crippen molar-refractivity contribution in [1.29, 1.82) is 0 Å². The van der Waals surface area contributed by atoms with Gasteiger partial charge in [-0.1, -0.05) is 26.0 Å². The summed E-state index contributed by atoms with van der Waals surface area (Å²) >= 11 is 0. The summed E-state index contributed by atoms with van der Waals surface area (Å²) in [6.45, 7) is 4.77. The highest BCUT2D eigenvalue weighted by Crippen LogP contribution is 2.12. The van der Waals surface area contributed by atoms with Crippen molar-refractivity contribution >= 4 is 29.7 Å². The molecule has 36 heavy (non-hydrogen) atoms. The molecule has 0 spiro atoms. The molecular formula is C23H34N4O9. The number of benzene rings is 1. The Morgan fingerprint density at radius 3 is 1.81 bits per heavy atom. The SMILES string of the molecule is CC(C)CC(NC(=O)C(CC(=O)O)NC(=O)C(Cc1ccc(O)cc1)NC(=O)C(N)C(C)O)C(=O)O.